The largest absolute Gasteiger partial charge is 0.372 e. The van der Waals surface area contributed by atoms with Gasteiger partial charge in [0.15, 0.2) is 0 Å². The monoisotopic (exact) mass is 275 g/mol. The quantitative estimate of drug-likeness (QED) is 0.858. The van der Waals surface area contributed by atoms with E-state index in [1.807, 2.05) is 17.9 Å². The maximum absolute atomic E-state index is 6.00. The summed E-state index contributed by atoms with van der Waals surface area (Å²) in [6.07, 6.45) is 14.9. The van der Waals surface area contributed by atoms with Crippen molar-refractivity contribution < 1.29 is 4.74 Å². The summed E-state index contributed by atoms with van der Waals surface area (Å²) in [5.41, 5.74) is 1.20. The first-order valence-corrected chi connectivity index (χ1v) is 7.81. The summed E-state index contributed by atoms with van der Waals surface area (Å²) in [7, 11) is 1.96. The van der Waals surface area contributed by atoms with Crippen molar-refractivity contribution in [3.8, 4) is 0 Å². The molecule has 1 aromatic heterocycles. The van der Waals surface area contributed by atoms with Crippen molar-refractivity contribution in [1.29, 1.82) is 0 Å². The molecule has 110 valence electrons. The number of aryl methyl sites for hydroxylation is 1. The van der Waals surface area contributed by atoms with Crippen LogP contribution in [-0.2, 0) is 11.8 Å². The van der Waals surface area contributed by atoms with Crippen molar-refractivity contribution in [1.82, 2.24) is 15.1 Å². The fourth-order valence-corrected chi connectivity index (χ4v) is 3.27. The Kier molecular flexibility index (Phi) is 4.53. The number of allylic oxidation sites excluding steroid dienone is 2. The second kappa shape index (κ2) is 6.55. The van der Waals surface area contributed by atoms with Crippen LogP contribution < -0.4 is 5.32 Å². The highest BCUT2D eigenvalue weighted by molar-refractivity contribution is 5.12. The minimum absolute atomic E-state index is 0.164. The maximum Gasteiger partial charge on any atom is 0.101 e. The van der Waals surface area contributed by atoms with Gasteiger partial charge in [-0.2, -0.15) is 5.10 Å². The van der Waals surface area contributed by atoms with Crippen LogP contribution >= 0.6 is 0 Å². The van der Waals surface area contributed by atoms with Gasteiger partial charge in [-0.3, -0.25) is 4.68 Å². The van der Waals surface area contributed by atoms with Crippen LogP contribution in [-0.4, -0.2) is 29.0 Å². The van der Waals surface area contributed by atoms with Crippen molar-refractivity contribution in [2.24, 2.45) is 13.0 Å². The Morgan fingerprint density at radius 2 is 2.35 bits per heavy atom. The van der Waals surface area contributed by atoms with Gasteiger partial charge < -0.3 is 10.1 Å². The third-order valence-electron chi connectivity index (χ3n) is 4.42. The van der Waals surface area contributed by atoms with Crippen LogP contribution in [0, 0.1) is 5.92 Å². The van der Waals surface area contributed by atoms with Crippen molar-refractivity contribution in [3.05, 3.63) is 30.1 Å². The van der Waals surface area contributed by atoms with E-state index in [1.54, 1.807) is 0 Å². The van der Waals surface area contributed by atoms with E-state index in [-0.39, 0.29) is 6.10 Å². The molecular weight excluding hydrogens is 250 g/mol. The van der Waals surface area contributed by atoms with E-state index in [4.69, 9.17) is 4.74 Å². The molecule has 1 fully saturated rings. The highest BCUT2D eigenvalue weighted by Crippen LogP contribution is 2.28. The summed E-state index contributed by atoms with van der Waals surface area (Å²) in [5, 5.41) is 8.03. The second-order valence-electron chi connectivity index (χ2n) is 6.05. The summed E-state index contributed by atoms with van der Waals surface area (Å²) < 4.78 is 7.86. The summed E-state index contributed by atoms with van der Waals surface area (Å²) in [4.78, 5) is 0. The predicted octanol–water partition coefficient (Wildman–Crippen LogP) is 2.59. The summed E-state index contributed by atoms with van der Waals surface area (Å²) in [5.74, 6) is 0.788. The molecule has 1 N–H and O–H groups in total. The number of aromatic nitrogens is 2. The molecule has 1 aromatic rings. The van der Waals surface area contributed by atoms with Gasteiger partial charge in [-0.05, 0) is 44.6 Å². The van der Waals surface area contributed by atoms with Gasteiger partial charge in [0.2, 0.25) is 0 Å². The molecule has 0 spiro atoms. The SMILES string of the molecule is Cn1cc([C@H]2OCCC[C@@H]2NC[C@@H]2CC=CCC2)cn1. The van der Waals surface area contributed by atoms with Crippen LogP contribution in [0.25, 0.3) is 0 Å². The number of hydrogen-bond acceptors (Lipinski definition) is 3. The van der Waals surface area contributed by atoms with E-state index in [9.17, 15) is 0 Å². The Balaban J connectivity index is 1.59. The molecule has 3 rings (SSSR count). The van der Waals surface area contributed by atoms with Crippen LogP contribution in [0.2, 0.25) is 0 Å². The highest BCUT2D eigenvalue weighted by atomic mass is 16.5. The third-order valence-corrected chi connectivity index (χ3v) is 4.42. The topological polar surface area (TPSA) is 39.1 Å². The molecule has 0 unspecified atom stereocenters. The van der Waals surface area contributed by atoms with Gasteiger partial charge in [0.05, 0.1) is 6.20 Å². The fourth-order valence-electron chi connectivity index (χ4n) is 3.27. The number of nitrogens with one attached hydrogen (secondary N) is 1. The number of rotatable bonds is 4. The normalized spacial score (nSPS) is 30.6. The molecule has 0 bridgehead atoms. The molecule has 4 nitrogen and oxygen atoms in total. The first-order chi connectivity index (χ1) is 9.83. The highest BCUT2D eigenvalue weighted by Gasteiger charge is 2.28. The smallest absolute Gasteiger partial charge is 0.101 e. The van der Waals surface area contributed by atoms with E-state index in [2.05, 4.69) is 28.8 Å². The van der Waals surface area contributed by atoms with Gasteiger partial charge in [-0.15, -0.1) is 0 Å². The van der Waals surface area contributed by atoms with Crippen molar-refractivity contribution in [3.63, 3.8) is 0 Å². The zero-order chi connectivity index (χ0) is 13.8. The summed E-state index contributed by atoms with van der Waals surface area (Å²) in [6.45, 7) is 1.97. The van der Waals surface area contributed by atoms with E-state index in [0.717, 1.165) is 25.5 Å². The van der Waals surface area contributed by atoms with Gasteiger partial charge in [-0.25, -0.2) is 0 Å². The van der Waals surface area contributed by atoms with E-state index in [0.29, 0.717) is 6.04 Å². The molecule has 3 atom stereocenters. The molecule has 1 saturated heterocycles. The van der Waals surface area contributed by atoms with Crippen LogP contribution in [0.5, 0.6) is 0 Å². The van der Waals surface area contributed by atoms with E-state index in [1.165, 1.54) is 31.2 Å². The number of hydrogen-bond donors (Lipinski definition) is 1. The van der Waals surface area contributed by atoms with E-state index >= 15 is 0 Å². The van der Waals surface area contributed by atoms with Crippen LogP contribution in [0.1, 0.15) is 43.8 Å². The molecule has 20 heavy (non-hydrogen) atoms. The lowest BCUT2D eigenvalue weighted by Crippen LogP contribution is -2.41. The zero-order valence-electron chi connectivity index (χ0n) is 12.3. The third kappa shape index (κ3) is 3.30. The van der Waals surface area contributed by atoms with Crippen LogP contribution in [0.3, 0.4) is 0 Å². The second-order valence-corrected chi connectivity index (χ2v) is 6.05. The van der Waals surface area contributed by atoms with Crippen LogP contribution in [0.15, 0.2) is 24.5 Å². The van der Waals surface area contributed by atoms with Gasteiger partial charge in [-0.1, -0.05) is 12.2 Å². The first-order valence-electron chi connectivity index (χ1n) is 7.81. The lowest BCUT2D eigenvalue weighted by Gasteiger charge is -2.33. The molecule has 1 aliphatic carbocycles. The minimum Gasteiger partial charge on any atom is -0.372 e. The molecule has 2 heterocycles. The lowest BCUT2D eigenvalue weighted by molar-refractivity contribution is -0.0117. The molecule has 2 aliphatic rings. The first kappa shape index (κ1) is 13.8. The Labute approximate surface area is 121 Å². The summed E-state index contributed by atoms with van der Waals surface area (Å²) in [6, 6.07) is 0.429. The molecular formula is C16H25N3O. The van der Waals surface area contributed by atoms with Gasteiger partial charge in [0, 0.05) is 31.5 Å². The Hall–Kier alpha value is -1.13. The minimum atomic E-state index is 0.164. The Morgan fingerprint density at radius 1 is 1.40 bits per heavy atom. The average molecular weight is 275 g/mol. The van der Waals surface area contributed by atoms with E-state index < -0.39 is 0 Å². The molecule has 0 radical (unpaired) electrons. The fraction of sp³-hybridized carbons (Fsp3) is 0.688. The van der Waals surface area contributed by atoms with Gasteiger partial charge in [0.1, 0.15) is 6.10 Å². The van der Waals surface area contributed by atoms with Crippen molar-refractivity contribution in [2.75, 3.05) is 13.2 Å². The summed E-state index contributed by atoms with van der Waals surface area (Å²) >= 11 is 0. The zero-order valence-corrected chi connectivity index (χ0v) is 12.3. The predicted molar refractivity (Wildman–Crippen MR) is 79.4 cm³/mol. The molecule has 1 aliphatic heterocycles. The molecule has 0 aromatic carbocycles. The molecule has 0 saturated carbocycles. The Bertz CT molecular complexity index is 454. The van der Waals surface area contributed by atoms with Crippen molar-refractivity contribution in [2.45, 2.75) is 44.2 Å². The lowest BCUT2D eigenvalue weighted by atomic mass is 9.92. The van der Waals surface area contributed by atoms with Gasteiger partial charge in [0.25, 0.3) is 0 Å². The number of nitrogens with zero attached hydrogens (tertiary/aromatic N) is 2. The Morgan fingerprint density at radius 3 is 3.10 bits per heavy atom. The van der Waals surface area contributed by atoms with Crippen LogP contribution in [0.4, 0.5) is 0 Å². The van der Waals surface area contributed by atoms with Crippen molar-refractivity contribution >= 4 is 0 Å². The number of ether oxygens (including phenoxy) is 1. The maximum atomic E-state index is 6.00. The standard InChI is InChI=1S/C16H25N3O/c1-19-12-14(11-18-19)16-15(8-5-9-20-16)17-10-13-6-3-2-4-7-13/h2-3,11-13,15-17H,4-10H2,1H3/t13-,15+,16-/m1/s1. The average Bonchev–Trinajstić information content (AvgIpc) is 2.93. The molecule has 4 heteroatoms. The van der Waals surface area contributed by atoms with Gasteiger partial charge >= 0.3 is 0 Å². The molecule has 0 amide bonds.